The molecule has 0 saturated heterocycles. The predicted molar refractivity (Wildman–Crippen MR) is 65.9 cm³/mol. The van der Waals surface area contributed by atoms with Gasteiger partial charge in [0, 0.05) is 13.8 Å². The molecule has 7 heteroatoms. The van der Waals surface area contributed by atoms with Gasteiger partial charge in [-0.25, -0.2) is 0 Å². The van der Waals surface area contributed by atoms with Gasteiger partial charge in [0.25, 0.3) is 0 Å². The zero-order valence-electron chi connectivity index (χ0n) is 10.9. The van der Waals surface area contributed by atoms with Crippen LogP contribution < -0.4 is 0 Å². The highest BCUT2D eigenvalue weighted by Crippen LogP contribution is 2.20. The molecule has 104 valence electrons. The summed E-state index contributed by atoms with van der Waals surface area (Å²) in [7, 11) is 0. The van der Waals surface area contributed by atoms with Crippen LogP contribution in [0.5, 0.6) is 0 Å². The number of esters is 3. The summed E-state index contributed by atoms with van der Waals surface area (Å²) in [4.78, 5) is 33.0. The fourth-order valence-electron chi connectivity index (χ4n) is 1.01. The molecule has 0 rings (SSSR count). The molecule has 0 spiro atoms. The van der Waals surface area contributed by atoms with Crippen molar-refractivity contribution in [1.82, 2.24) is 0 Å². The van der Waals surface area contributed by atoms with E-state index in [9.17, 15) is 14.4 Å². The first-order chi connectivity index (χ1) is 8.36. The van der Waals surface area contributed by atoms with Gasteiger partial charge in [0.15, 0.2) is 5.44 Å². The smallest absolute Gasteiger partial charge is 0.318 e. The van der Waals surface area contributed by atoms with E-state index in [4.69, 9.17) is 14.2 Å². The standard InChI is InChI=1S/C11H18O6S/c1-5-15-11(14)7(2)18-10(17-9(4)13)6-16-8(3)12/h7,10H,5-6H2,1-4H3. The van der Waals surface area contributed by atoms with Crippen LogP contribution >= 0.6 is 11.8 Å². The minimum atomic E-state index is -0.717. The van der Waals surface area contributed by atoms with Crippen LogP contribution in [0.4, 0.5) is 0 Å². The third-order valence-corrected chi connectivity index (χ3v) is 2.83. The second kappa shape index (κ2) is 8.79. The van der Waals surface area contributed by atoms with E-state index in [1.54, 1.807) is 13.8 Å². The fourth-order valence-corrected chi connectivity index (χ4v) is 1.99. The Morgan fingerprint density at radius 1 is 1.11 bits per heavy atom. The summed E-state index contributed by atoms with van der Waals surface area (Å²) >= 11 is 1.07. The van der Waals surface area contributed by atoms with Gasteiger partial charge in [-0.2, -0.15) is 0 Å². The molecule has 6 nitrogen and oxygen atoms in total. The molecule has 0 bridgehead atoms. The summed E-state index contributed by atoms with van der Waals surface area (Å²) < 4.78 is 14.5. The number of carbonyl (C=O) groups excluding carboxylic acids is 3. The van der Waals surface area contributed by atoms with Gasteiger partial charge in [-0.1, -0.05) is 11.8 Å². The molecule has 0 radical (unpaired) electrons. The van der Waals surface area contributed by atoms with Gasteiger partial charge in [-0.15, -0.1) is 0 Å². The topological polar surface area (TPSA) is 78.9 Å². The van der Waals surface area contributed by atoms with Crippen LogP contribution in [0.3, 0.4) is 0 Å². The predicted octanol–water partition coefficient (Wildman–Crippen LogP) is 1.12. The lowest BCUT2D eigenvalue weighted by molar-refractivity contribution is -0.151. The lowest BCUT2D eigenvalue weighted by Gasteiger charge is -2.19. The molecule has 18 heavy (non-hydrogen) atoms. The Hall–Kier alpha value is -1.24. The van der Waals surface area contributed by atoms with E-state index >= 15 is 0 Å². The number of hydrogen-bond acceptors (Lipinski definition) is 7. The quantitative estimate of drug-likeness (QED) is 0.392. The lowest BCUT2D eigenvalue weighted by atomic mass is 10.5. The van der Waals surface area contributed by atoms with Gasteiger partial charge in [0.2, 0.25) is 0 Å². The SMILES string of the molecule is CCOC(=O)C(C)SC(COC(C)=O)OC(C)=O. The van der Waals surface area contributed by atoms with Crippen molar-refractivity contribution in [3.05, 3.63) is 0 Å². The van der Waals surface area contributed by atoms with E-state index in [0.717, 1.165) is 11.8 Å². The lowest BCUT2D eigenvalue weighted by Crippen LogP contribution is -2.26. The molecule has 0 fully saturated rings. The van der Waals surface area contributed by atoms with Crippen molar-refractivity contribution in [3.63, 3.8) is 0 Å². The molecular weight excluding hydrogens is 260 g/mol. The van der Waals surface area contributed by atoms with E-state index in [2.05, 4.69) is 0 Å². The summed E-state index contributed by atoms with van der Waals surface area (Å²) in [6.07, 6.45) is 0. The minimum absolute atomic E-state index is 0.0939. The van der Waals surface area contributed by atoms with Gasteiger partial charge >= 0.3 is 17.9 Å². The highest BCUT2D eigenvalue weighted by Gasteiger charge is 2.23. The van der Waals surface area contributed by atoms with E-state index in [1.807, 2.05) is 0 Å². The number of ether oxygens (including phenoxy) is 3. The van der Waals surface area contributed by atoms with Crippen LogP contribution in [0.1, 0.15) is 27.7 Å². The monoisotopic (exact) mass is 278 g/mol. The van der Waals surface area contributed by atoms with E-state index in [1.165, 1.54) is 13.8 Å². The number of carbonyl (C=O) groups is 3. The second-order valence-electron chi connectivity index (χ2n) is 3.37. The summed E-state index contributed by atoms with van der Waals surface area (Å²) in [5, 5.41) is -0.509. The molecule has 0 heterocycles. The van der Waals surface area contributed by atoms with Gasteiger partial charge in [-0.05, 0) is 13.8 Å². The summed E-state index contributed by atoms with van der Waals surface area (Å²) in [5.41, 5.74) is -0.717. The highest BCUT2D eigenvalue weighted by atomic mass is 32.2. The van der Waals surface area contributed by atoms with E-state index in [0.29, 0.717) is 0 Å². The van der Waals surface area contributed by atoms with Crippen molar-refractivity contribution in [1.29, 1.82) is 0 Å². The average Bonchev–Trinajstić information content (AvgIpc) is 2.25. The Kier molecular flexibility index (Phi) is 8.19. The van der Waals surface area contributed by atoms with E-state index in [-0.39, 0.29) is 13.2 Å². The molecule has 2 unspecified atom stereocenters. The zero-order chi connectivity index (χ0) is 14.1. The first-order valence-corrected chi connectivity index (χ1v) is 6.43. The summed E-state index contributed by atoms with van der Waals surface area (Å²) in [6, 6.07) is 0. The van der Waals surface area contributed by atoms with Crippen molar-refractivity contribution >= 4 is 29.7 Å². The summed E-state index contributed by atoms with van der Waals surface area (Å²) in [6.45, 7) is 6.03. The maximum Gasteiger partial charge on any atom is 0.318 e. The molecule has 0 aromatic heterocycles. The molecule has 0 aromatic carbocycles. The Labute approximate surface area is 110 Å². The van der Waals surface area contributed by atoms with Gasteiger partial charge in [0.1, 0.15) is 11.9 Å². The van der Waals surface area contributed by atoms with Gasteiger partial charge in [-0.3, -0.25) is 14.4 Å². The molecule has 2 atom stereocenters. The normalized spacial score (nSPS) is 13.3. The summed E-state index contributed by atoms with van der Waals surface area (Å²) in [5.74, 6) is -1.38. The maximum atomic E-state index is 11.4. The molecule has 0 saturated carbocycles. The van der Waals surface area contributed by atoms with Crippen molar-refractivity contribution in [3.8, 4) is 0 Å². The average molecular weight is 278 g/mol. The van der Waals surface area contributed by atoms with Crippen LogP contribution in [-0.4, -0.2) is 41.8 Å². The number of thioether (sulfide) groups is 1. The molecular formula is C11H18O6S. The minimum Gasteiger partial charge on any atom is -0.465 e. The van der Waals surface area contributed by atoms with Crippen molar-refractivity contribution in [2.75, 3.05) is 13.2 Å². The van der Waals surface area contributed by atoms with Crippen molar-refractivity contribution in [2.45, 2.75) is 38.4 Å². The molecule has 0 aliphatic carbocycles. The van der Waals surface area contributed by atoms with Crippen LogP contribution in [0.25, 0.3) is 0 Å². The largest absolute Gasteiger partial charge is 0.465 e. The van der Waals surface area contributed by atoms with Gasteiger partial charge < -0.3 is 14.2 Å². The van der Waals surface area contributed by atoms with Crippen LogP contribution in [0.2, 0.25) is 0 Å². The van der Waals surface area contributed by atoms with Gasteiger partial charge in [0.05, 0.1) is 6.61 Å². The Morgan fingerprint density at radius 2 is 1.72 bits per heavy atom. The molecule has 0 N–H and O–H groups in total. The highest BCUT2D eigenvalue weighted by molar-refractivity contribution is 8.01. The van der Waals surface area contributed by atoms with Crippen molar-refractivity contribution in [2.24, 2.45) is 0 Å². The zero-order valence-corrected chi connectivity index (χ0v) is 11.7. The first-order valence-electron chi connectivity index (χ1n) is 5.49. The van der Waals surface area contributed by atoms with Crippen LogP contribution in [-0.2, 0) is 28.6 Å². The Bertz CT molecular complexity index is 304. The third kappa shape index (κ3) is 7.94. The van der Waals surface area contributed by atoms with Crippen LogP contribution in [0, 0.1) is 0 Å². The number of rotatable bonds is 7. The van der Waals surface area contributed by atoms with Crippen molar-refractivity contribution < 1.29 is 28.6 Å². The molecule has 0 aliphatic heterocycles. The third-order valence-electron chi connectivity index (χ3n) is 1.69. The van der Waals surface area contributed by atoms with Crippen LogP contribution in [0.15, 0.2) is 0 Å². The molecule has 0 aromatic rings. The Balaban J connectivity index is 4.33. The molecule has 0 amide bonds. The fraction of sp³-hybridized carbons (Fsp3) is 0.727. The first kappa shape index (κ1) is 16.8. The second-order valence-corrected chi connectivity index (χ2v) is 4.88. The molecule has 0 aliphatic rings. The Morgan fingerprint density at radius 3 is 2.17 bits per heavy atom. The van der Waals surface area contributed by atoms with E-state index < -0.39 is 28.6 Å². The number of hydrogen-bond donors (Lipinski definition) is 0. The maximum absolute atomic E-state index is 11.4.